The van der Waals surface area contributed by atoms with E-state index in [1.807, 2.05) is 7.05 Å². The van der Waals surface area contributed by atoms with E-state index < -0.39 is 9.84 Å². The summed E-state index contributed by atoms with van der Waals surface area (Å²) in [5.74, 6) is 0.978. The summed E-state index contributed by atoms with van der Waals surface area (Å²) in [7, 11) is -1.38. The minimum Gasteiger partial charge on any atom is -0.493 e. The fraction of sp³-hybridized carbons (Fsp3) is 0.588. The average molecular weight is 339 g/mol. The number of hydrogen-bond acceptors (Lipinski definition) is 4. The fourth-order valence-electron chi connectivity index (χ4n) is 2.88. The van der Waals surface area contributed by atoms with Gasteiger partial charge in [0, 0.05) is 25.8 Å². The summed E-state index contributed by atoms with van der Waals surface area (Å²) in [5.41, 5.74) is 0. The molecule has 1 amide bonds. The lowest BCUT2D eigenvalue weighted by molar-refractivity contribution is -0.134. The van der Waals surface area contributed by atoms with E-state index in [0.29, 0.717) is 18.9 Å². The maximum absolute atomic E-state index is 12.2. The van der Waals surface area contributed by atoms with E-state index in [1.165, 1.54) is 12.3 Å². The molecule has 1 saturated carbocycles. The van der Waals surface area contributed by atoms with E-state index in [0.717, 1.165) is 32.1 Å². The van der Waals surface area contributed by atoms with Gasteiger partial charge in [-0.05, 0) is 37.5 Å². The molecule has 0 atom stereocenters. The molecule has 0 N–H and O–H groups in total. The molecule has 0 radical (unpaired) electrons. The molecule has 0 aromatic heterocycles. The van der Waals surface area contributed by atoms with Gasteiger partial charge in [-0.1, -0.05) is 18.9 Å². The number of nitrogens with zero attached hydrogens (tertiary/aromatic N) is 1. The van der Waals surface area contributed by atoms with Crippen LogP contribution in [0.1, 0.15) is 32.1 Å². The molecule has 0 heterocycles. The first kappa shape index (κ1) is 17.8. The van der Waals surface area contributed by atoms with E-state index in [9.17, 15) is 13.2 Å². The predicted octanol–water partition coefficient (Wildman–Crippen LogP) is 2.51. The van der Waals surface area contributed by atoms with Crippen molar-refractivity contribution in [3.05, 3.63) is 24.3 Å². The van der Waals surface area contributed by atoms with Crippen molar-refractivity contribution in [3.8, 4) is 5.75 Å². The molecule has 1 aromatic rings. The molecule has 128 valence electrons. The normalized spacial score (nSPS) is 15.6. The lowest BCUT2D eigenvalue weighted by Gasteiger charge is -2.21. The third-order valence-corrected chi connectivity index (χ3v) is 5.33. The second-order valence-electron chi connectivity index (χ2n) is 6.19. The van der Waals surface area contributed by atoms with Gasteiger partial charge in [0.2, 0.25) is 5.91 Å². The minimum absolute atomic E-state index is 0.201. The van der Waals surface area contributed by atoms with Gasteiger partial charge >= 0.3 is 0 Å². The van der Waals surface area contributed by atoms with Gasteiger partial charge in [0.15, 0.2) is 9.84 Å². The Bertz CT molecular complexity index is 636. The molecule has 1 aromatic carbocycles. The Balaban J connectivity index is 1.76. The van der Waals surface area contributed by atoms with Gasteiger partial charge < -0.3 is 9.64 Å². The maximum atomic E-state index is 12.2. The van der Waals surface area contributed by atoms with Gasteiger partial charge in [-0.15, -0.1) is 0 Å². The van der Waals surface area contributed by atoms with Gasteiger partial charge in [0.05, 0.1) is 11.5 Å². The van der Waals surface area contributed by atoms with Crippen molar-refractivity contribution in [2.24, 2.45) is 5.92 Å². The van der Waals surface area contributed by atoms with E-state index in [-0.39, 0.29) is 16.7 Å². The Labute approximate surface area is 138 Å². The number of carbonyl (C=O) groups is 1. The fourth-order valence-corrected chi connectivity index (χ4v) is 3.54. The Hall–Kier alpha value is -1.56. The summed E-state index contributed by atoms with van der Waals surface area (Å²) < 4.78 is 28.6. The largest absolute Gasteiger partial charge is 0.493 e. The lowest BCUT2D eigenvalue weighted by atomic mass is 10.1. The smallest absolute Gasteiger partial charge is 0.225 e. The molecular weight excluding hydrogens is 314 g/mol. The molecule has 0 saturated heterocycles. The Morgan fingerprint density at radius 3 is 2.65 bits per heavy atom. The number of benzene rings is 1. The predicted molar refractivity (Wildman–Crippen MR) is 89.3 cm³/mol. The topological polar surface area (TPSA) is 63.7 Å². The van der Waals surface area contributed by atoms with Crippen LogP contribution in [0.4, 0.5) is 0 Å². The first-order valence-corrected chi connectivity index (χ1v) is 9.95. The molecule has 0 aliphatic heterocycles. The molecule has 1 aliphatic carbocycles. The molecule has 6 heteroatoms. The monoisotopic (exact) mass is 339 g/mol. The van der Waals surface area contributed by atoms with Crippen molar-refractivity contribution in [2.75, 3.05) is 26.5 Å². The summed E-state index contributed by atoms with van der Waals surface area (Å²) >= 11 is 0. The lowest BCUT2D eigenvalue weighted by Crippen LogP contribution is -2.33. The summed E-state index contributed by atoms with van der Waals surface area (Å²) in [6.45, 7) is 1.11. The summed E-state index contributed by atoms with van der Waals surface area (Å²) in [6.07, 6.45) is 6.23. The van der Waals surface area contributed by atoms with Crippen molar-refractivity contribution in [2.45, 2.75) is 37.0 Å². The van der Waals surface area contributed by atoms with Crippen LogP contribution in [0.5, 0.6) is 5.75 Å². The second kappa shape index (κ2) is 7.81. The van der Waals surface area contributed by atoms with Crippen molar-refractivity contribution in [3.63, 3.8) is 0 Å². The highest BCUT2D eigenvalue weighted by Crippen LogP contribution is 2.26. The van der Waals surface area contributed by atoms with Crippen LogP contribution in [-0.2, 0) is 14.6 Å². The molecule has 5 nitrogen and oxygen atoms in total. The first-order valence-electron chi connectivity index (χ1n) is 8.06. The molecule has 0 bridgehead atoms. The highest BCUT2D eigenvalue weighted by atomic mass is 32.2. The summed E-state index contributed by atoms with van der Waals surface area (Å²) in [5, 5.41) is 0. The Morgan fingerprint density at radius 2 is 2.00 bits per heavy atom. The zero-order chi connectivity index (χ0) is 16.9. The standard InChI is InChI=1S/C17H25NO4S/c1-18(17(19)14-7-3-4-8-14)11-6-12-22-15-9-5-10-16(13-15)23(2,20)21/h5,9-10,13-14H,3-4,6-8,11-12H2,1-2H3. The number of carbonyl (C=O) groups excluding carboxylic acids is 1. The molecule has 0 spiro atoms. The first-order chi connectivity index (χ1) is 10.9. The quantitative estimate of drug-likeness (QED) is 0.716. The highest BCUT2D eigenvalue weighted by Gasteiger charge is 2.24. The number of rotatable bonds is 7. The van der Waals surface area contributed by atoms with Crippen LogP contribution >= 0.6 is 0 Å². The molecule has 23 heavy (non-hydrogen) atoms. The van der Waals surface area contributed by atoms with Crippen LogP contribution in [0, 0.1) is 5.92 Å². The van der Waals surface area contributed by atoms with Crippen LogP contribution in [0.15, 0.2) is 29.2 Å². The van der Waals surface area contributed by atoms with Gasteiger partial charge in [-0.2, -0.15) is 0 Å². The van der Waals surface area contributed by atoms with Gasteiger partial charge in [-0.3, -0.25) is 4.79 Å². The Kier molecular flexibility index (Phi) is 6.04. The van der Waals surface area contributed by atoms with Gasteiger partial charge in [0.25, 0.3) is 0 Å². The highest BCUT2D eigenvalue weighted by molar-refractivity contribution is 7.90. The third kappa shape index (κ3) is 5.23. The van der Waals surface area contributed by atoms with Crippen LogP contribution in [0.3, 0.4) is 0 Å². The van der Waals surface area contributed by atoms with Crippen LogP contribution in [-0.4, -0.2) is 45.7 Å². The number of ether oxygens (including phenoxy) is 1. The maximum Gasteiger partial charge on any atom is 0.225 e. The second-order valence-corrected chi connectivity index (χ2v) is 8.21. The average Bonchev–Trinajstić information content (AvgIpc) is 3.04. The zero-order valence-electron chi connectivity index (χ0n) is 13.8. The van der Waals surface area contributed by atoms with Crippen LogP contribution < -0.4 is 4.74 Å². The van der Waals surface area contributed by atoms with Crippen molar-refractivity contribution < 1.29 is 17.9 Å². The number of sulfone groups is 1. The molecule has 2 rings (SSSR count). The van der Waals surface area contributed by atoms with Gasteiger partial charge in [0.1, 0.15) is 5.75 Å². The van der Waals surface area contributed by atoms with E-state index >= 15 is 0 Å². The Morgan fingerprint density at radius 1 is 1.30 bits per heavy atom. The number of amides is 1. The SMILES string of the molecule is CN(CCCOc1cccc(S(C)(=O)=O)c1)C(=O)C1CCCC1. The van der Waals surface area contributed by atoms with Crippen molar-refractivity contribution >= 4 is 15.7 Å². The van der Waals surface area contributed by atoms with E-state index in [1.54, 1.807) is 23.1 Å². The van der Waals surface area contributed by atoms with Crippen LogP contribution in [0.25, 0.3) is 0 Å². The van der Waals surface area contributed by atoms with Crippen LogP contribution in [0.2, 0.25) is 0 Å². The number of hydrogen-bond donors (Lipinski definition) is 0. The molecule has 1 fully saturated rings. The zero-order valence-corrected chi connectivity index (χ0v) is 14.6. The van der Waals surface area contributed by atoms with E-state index in [4.69, 9.17) is 4.74 Å². The molecular formula is C17H25NO4S. The van der Waals surface area contributed by atoms with E-state index in [2.05, 4.69) is 0 Å². The summed E-state index contributed by atoms with van der Waals surface area (Å²) in [6, 6.07) is 6.49. The molecule has 0 unspecified atom stereocenters. The minimum atomic E-state index is -3.22. The van der Waals surface area contributed by atoms with Gasteiger partial charge in [-0.25, -0.2) is 8.42 Å². The van der Waals surface area contributed by atoms with Crippen molar-refractivity contribution in [1.82, 2.24) is 4.90 Å². The third-order valence-electron chi connectivity index (χ3n) is 4.22. The van der Waals surface area contributed by atoms with Crippen molar-refractivity contribution in [1.29, 1.82) is 0 Å². The molecule has 1 aliphatic rings. The summed E-state index contributed by atoms with van der Waals surface area (Å²) in [4.78, 5) is 14.2.